The van der Waals surface area contributed by atoms with Crippen LogP contribution in [-0.2, 0) is 5.60 Å². The third-order valence-electron chi connectivity index (χ3n) is 3.71. The van der Waals surface area contributed by atoms with Crippen LogP contribution in [0.15, 0.2) is 53.6 Å². The Kier molecular flexibility index (Phi) is 4.92. The van der Waals surface area contributed by atoms with Gasteiger partial charge in [0.25, 0.3) is 0 Å². The molecule has 0 aliphatic heterocycles. The maximum atomic E-state index is 11.1. The summed E-state index contributed by atoms with van der Waals surface area (Å²) in [6.45, 7) is 12.1. The fourth-order valence-electron chi connectivity index (χ4n) is 2.43. The molecule has 1 atom stereocenters. The van der Waals surface area contributed by atoms with Crippen LogP contribution < -0.4 is 0 Å². The Bertz CT molecular complexity index is 442. The summed E-state index contributed by atoms with van der Waals surface area (Å²) in [6, 6.07) is 9.90. The summed E-state index contributed by atoms with van der Waals surface area (Å²) in [5.41, 5.74) is 3.30. The van der Waals surface area contributed by atoms with Crippen LogP contribution in [0.3, 0.4) is 0 Å². The SMILES string of the molecule is C=C(C)/C(C)=C(\CC)C(O)(CC)c1ccccc1. The molecule has 1 aromatic carbocycles. The molecule has 0 saturated carbocycles. The summed E-state index contributed by atoms with van der Waals surface area (Å²) in [4.78, 5) is 0. The van der Waals surface area contributed by atoms with Crippen LogP contribution in [0.1, 0.15) is 46.1 Å². The minimum absolute atomic E-state index is 0.671. The molecular weight excluding hydrogens is 220 g/mol. The van der Waals surface area contributed by atoms with Crippen LogP contribution in [0.2, 0.25) is 0 Å². The first-order valence-electron chi connectivity index (χ1n) is 6.61. The van der Waals surface area contributed by atoms with Crippen LogP contribution in [0.25, 0.3) is 0 Å². The molecule has 1 unspecified atom stereocenters. The second-order valence-electron chi connectivity index (χ2n) is 4.82. The molecule has 0 aromatic heterocycles. The van der Waals surface area contributed by atoms with E-state index in [1.54, 1.807) is 0 Å². The molecule has 1 rings (SSSR count). The van der Waals surface area contributed by atoms with E-state index in [2.05, 4.69) is 13.5 Å². The Labute approximate surface area is 111 Å². The third-order valence-corrected chi connectivity index (χ3v) is 3.71. The molecule has 0 fully saturated rings. The minimum Gasteiger partial charge on any atom is -0.381 e. The van der Waals surface area contributed by atoms with Gasteiger partial charge in [-0.2, -0.15) is 0 Å². The Balaban J connectivity index is 3.39. The average Bonchev–Trinajstić information content (AvgIpc) is 2.39. The van der Waals surface area contributed by atoms with Gasteiger partial charge >= 0.3 is 0 Å². The van der Waals surface area contributed by atoms with Crippen LogP contribution in [0.5, 0.6) is 0 Å². The Morgan fingerprint density at radius 1 is 1.17 bits per heavy atom. The molecule has 0 amide bonds. The van der Waals surface area contributed by atoms with Gasteiger partial charge in [0.2, 0.25) is 0 Å². The van der Waals surface area contributed by atoms with Crippen molar-refractivity contribution in [1.29, 1.82) is 0 Å². The standard InChI is InChI=1S/C17H24O/c1-6-16(14(5)13(3)4)17(18,7-2)15-11-9-8-10-12-15/h8-12,18H,3,6-7H2,1-2,4-5H3/b16-14+. The fourth-order valence-corrected chi connectivity index (χ4v) is 2.43. The van der Waals surface area contributed by atoms with Gasteiger partial charge < -0.3 is 5.11 Å². The summed E-state index contributed by atoms with van der Waals surface area (Å²) in [7, 11) is 0. The average molecular weight is 244 g/mol. The lowest BCUT2D eigenvalue weighted by Gasteiger charge is -2.32. The van der Waals surface area contributed by atoms with E-state index < -0.39 is 5.60 Å². The van der Waals surface area contributed by atoms with Crippen molar-refractivity contribution < 1.29 is 5.11 Å². The quantitative estimate of drug-likeness (QED) is 0.751. The highest BCUT2D eigenvalue weighted by Gasteiger charge is 2.31. The molecule has 0 bridgehead atoms. The normalized spacial score (nSPS) is 15.8. The molecule has 18 heavy (non-hydrogen) atoms. The predicted molar refractivity (Wildman–Crippen MR) is 78.4 cm³/mol. The van der Waals surface area contributed by atoms with Crippen molar-refractivity contribution in [1.82, 2.24) is 0 Å². The lowest BCUT2D eigenvalue weighted by Crippen LogP contribution is -2.28. The van der Waals surface area contributed by atoms with Gasteiger partial charge in [0.15, 0.2) is 0 Å². The zero-order chi connectivity index (χ0) is 13.8. The second-order valence-corrected chi connectivity index (χ2v) is 4.82. The van der Waals surface area contributed by atoms with E-state index in [1.807, 2.05) is 51.1 Å². The van der Waals surface area contributed by atoms with Crippen molar-refractivity contribution in [3.05, 3.63) is 59.2 Å². The van der Waals surface area contributed by atoms with Gasteiger partial charge in [-0.1, -0.05) is 56.3 Å². The van der Waals surface area contributed by atoms with Gasteiger partial charge in [0.1, 0.15) is 5.60 Å². The van der Waals surface area contributed by atoms with Gasteiger partial charge in [0.05, 0.1) is 0 Å². The summed E-state index contributed by atoms with van der Waals surface area (Å²) in [5.74, 6) is 0. The summed E-state index contributed by atoms with van der Waals surface area (Å²) in [6.07, 6.45) is 1.50. The fraction of sp³-hybridized carbons (Fsp3) is 0.412. The molecule has 0 heterocycles. The van der Waals surface area contributed by atoms with Crippen LogP contribution in [0.4, 0.5) is 0 Å². The molecule has 0 spiro atoms. The topological polar surface area (TPSA) is 20.2 Å². The highest BCUT2D eigenvalue weighted by molar-refractivity contribution is 5.40. The first-order chi connectivity index (χ1) is 8.47. The minimum atomic E-state index is -0.876. The molecule has 0 aliphatic rings. The molecular formula is C17H24O. The maximum Gasteiger partial charge on any atom is 0.111 e. The molecule has 1 N–H and O–H groups in total. The summed E-state index contributed by atoms with van der Waals surface area (Å²) in [5, 5.41) is 11.1. The Morgan fingerprint density at radius 2 is 1.72 bits per heavy atom. The van der Waals surface area contributed by atoms with E-state index in [0.717, 1.165) is 28.7 Å². The molecule has 1 heteroatoms. The maximum absolute atomic E-state index is 11.1. The number of hydrogen-bond donors (Lipinski definition) is 1. The molecule has 98 valence electrons. The first-order valence-corrected chi connectivity index (χ1v) is 6.61. The second kappa shape index (κ2) is 6.01. The molecule has 0 aliphatic carbocycles. The monoisotopic (exact) mass is 244 g/mol. The van der Waals surface area contributed by atoms with Crippen LogP contribution >= 0.6 is 0 Å². The van der Waals surface area contributed by atoms with Crippen molar-refractivity contribution >= 4 is 0 Å². The molecule has 1 aromatic rings. The third kappa shape index (κ3) is 2.73. The van der Waals surface area contributed by atoms with E-state index in [0.29, 0.717) is 6.42 Å². The van der Waals surface area contributed by atoms with E-state index in [1.165, 1.54) is 0 Å². The zero-order valence-corrected chi connectivity index (χ0v) is 12.0. The number of rotatable bonds is 5. The van der Waals surface area contributed by atoms with E-state index in [9.17, 15) is 5.11 Å². The number of benzene rings is 1. The van der Waals surface area contributed by atoms with Gasteiger partial charge in [-0.25, -0.2) is 0 Å². The van der Waals surface area contributed by atoms with E-state index >= 15 is 0 Å². The summed E-state index contributed by atoms with van der Waals surface area (Å²) >= 11 is 0. The first kappa shape index (κ1) is 14.7. The van der Waals surface area contributed by atoms with Gasteiger partial charge in [0, 0.05) is 0 Å². The zero-order valence-electron chi connectivity index (χ0n) is 12.0. The van der Waals surface area contributed by atoms with Crippen molar-refractivity contribution in [2.24, 2.45) is 0 Å². The van der Waals surface area contributed by atoms with E-state index in [4.69, 9.17) is 0 Å². The number of hydrogen-bond acceptors (Lipinski definition) is 1. The molecule has 1 nitrogen and oxygen atoms in total. The lowest BCUT2D eigenvalue weighted by atomic mass is 9.79. The number of allylic oxidation sites excluding steroid dienone is 2. The predicted octanol–water partition coefficient (Wildman–Crippen LogP) is 4.59. The Hall–Kier alpha value is -1.34. The van der Waals surface area contributed by atoms with Crippen molar-refractivity contribution in [2.45, 2.75) is 46.1 Å². The van der Waals surface area contributed by atoms with Gasteiger partial charge in [-0.15, -0.1) is 0 Å². The van der Waals surface area contributed by atoms with Crippen molar-refractivity contribution in [3.8, 4) is 0 Å². The Morgan fingerprint density at radius 3 is 2.11 bits per heavy atom. The highest BCUT2D eigenvalue weighted by atomic mass is 16.3. The largest absolute Gasteiger partial charge is 0.381 e. The van der Waals surface area contributed by atoms with Crippen LogP contribution in [-0.4, -0.2) is 5.11 Å². The van der Waals surface area contributed by atoms with Gasteiger partial charge in [-0.05, 0) is 43.4 Å². The molecule has 0 radical (unpaired) electrons. The van der Waals surface area contributed by atoms with Crippen molar-refractivity contribution in [2.75, 3.05) is 0 Å². The van der Waals surface area contributed by atoms with E-state index in [-0.39, 0.29) is 0 Å². The smallest absolute Gasteiger partial charge is 0.111 e. The lowest BCUT2D eigenvalue weighted by molar-refractivity contribution is 0.0679. The number of aliphatic hydroxyl groups is 1. The summed E-state index contributed by atoms with van der Waals surface area (Å²) < 4.78 is 0. The highest BCUT2D eigenvalue weighted by Crippen LogP contribution is 2.37. The van der Waals surface area contributed by atoms with Crippen LogP contribution in [0, 0.1) is 0 Å². The molecule has 0 saturated heterocycles. The van der Waals surface area contributed by atoms with Crippen molar-refractivity contribution in [3.63, 3.8) is 0 Å². The van der Waals surface area contributed by atoms with Gasteiger partial charge in [-0.3, -0.25) is 0 Å².